The van der Waals surface area contributed by atoms with E-state index in [0.717, 1.165) is 24.5 Å². The zero-order valence-electron chi connectivity index (χ0n) is 13.8. The summed E-state index contributed by atoms with van der Waals surface area (Å²) in [5.74, 6) is 1.75. The first-order valence-electron chi connectivity index (χ1n) is 8.43. The van der Waals surface area contributed by atoms with Crippen molar-refractivity contribution in [2.24, 2.45) is 10.9 Å². The van der Waals surface area contributed by atoms with Crippen molar-refractivity contribution >= 4 is 29.5 Å². The largest absolute Gasteiger partial charge is 0.391 e. The van der Waals surface area contributed by atoms with Gasteiger partial charge in [-0.05, 0) is 12.1 Å². The zero-order chi connectivity index (χ0) is 17.2. The normalized spacial score (nSPS) is 25.4. The molecule has 1 aromatic heterocycles. The lowest BCUT2D eigenvalue weighted by Crippen LogP contribution is -2.27. The third-order valence-electron chi connectivity index (χ3n) is 4.76. The van der Waals surface area contributed by atoms with Gasteiger partial charge in [-0.2, -0.15) is 0 Å². The van der Waals surface area contributed by atoms with Crippen LogP contribution in [0, 0.1) is 5.92 Å². The molecule has 6 nitrogen and oxygen atoms in total. The van der Waals surface area contributed by atoms with Gasteiger partial charge in [-0.3, -0.25) is 9.89 Å². The summed E-state index contributed by atoms with van der Waals surface area (Å²) in [6, 6.07) is 10.3. The van der Waals surface area contributed by atoms with Crippen molar-refractivity contribution in [1.29, 1.82) is 0 Å². The Morgan fingerprint density at radius 1 is 1.20 bits per heavy atom. The lowest BCUT2D eigenvalue weighted by molar-refractivity contribution is 0.150. The summed E-state index contributed by atoms with van der Waals surface area (Å²) in [5, 5.41) is 10.4. The van der Waals surface area contributed by atoms with Gasteiger partial charge in [0.05, 0.1) is 17.7 Å². The first-order valence-corrected chi connectivity index (χ1v) is 9.42. The highest BCUT2D eigenvalue weighted by atomic mass is 32.2. The van der Waals surface area contributed by atoms with Crippen LogP contribution < -0.4 is 5.73 Å². The second-order valence-electron chi connectivity index (χ2n) is 6.55. The molecule has 25 heavy (non-hydrogen) atoms. The van der Waals surface area contributed by atoms with Crippen LogP contribution in [0.3, 0.4) is 0 Å². The average Bonchev–Trinajstić information content (AvgIpc) is 3.19. The highest BCUT2D eigenvalue weighted by Crippen LogP contribution is 2.35. The van der Waals surface area contributed by atoms with Crippen molar-refractivity contribution < 1.29 is 5.11 Å². The van der Waals surface area contributed by atoms with E-state index in [9.17, 15) is 5.11 Å². The number of aliphatic hydroxyl groups excluding tert-OH is 1. The molecule has 2 aromatic rings. The van der Waals surface area contributed by atoms with Gasteiger partial charge < -0.3 is 10.8 Å². The van der Waals surface area contributed by atoms with E-state index in [-0.39, 0.29) is 17.9 Å². The molecule has 2 aliphatic rings. The number of thioether (sulfide) groups is 1. The Bertz CT molecular complexity index is 769. The standard InChI is InChI=1S/C18H21N5OS/c19-18-17-16(21-11-22-18)12(6-20-17)7-23-8-13(15(24)9-23)10-25-14-4-2-1-3-5-14/h1-6,11-13,15,24H,7-10H2,(H2,19,21,22)/t12?,13-,15+/m1/s1. The van der Waals surface area contributed by atoms with Crippen LogP contribution in [-0.4, -0.2) is 57.7 Å². The number of β-amino-alcohol motifs (C(OH)–C–C–N with tert-alkyl or cyclic N) is 1. The summed E-state index contributed by atoms with van der Waals surface area (Å²) in [6.45, 7) is 2.39. The molecule has 4 rings (SSSR count). The van der Waals surface area contributed by atoms with Crippen molar-refractivity contribution in [3.05, 3.63) is 42.4 Å². The molecule has 1 aromatic carbocycles. The number of aliphatic hydroxyl groups is 1. The highest BCUT2D eigenvalue weighted by molar-refractivity contribution is 7.99. The Morgan fingerprint density at radius 3 is 2.88 bits per heavy atom. The number of hydrogen-bond acceptors (Lipinski definition) is 7. The average molecular weight is 355 g/mol. The van der Waals surface area contributed by atoms with Crippen molar-refractivity contribution in [3.63, 3.8) is 0 Å². The Hall–Kier alpha value is -1.96. The van der Waals surface area contributed by atoms with E-state index in [2.05, 4.69) is 32.0 Å². The third kappa shape index (κ3) is 3.53. The number of hydrogen-bond donors (Lipinski definition) is 2. The van der Waals surface area contributed by atoms with Crippen LogP contribution in [0.5, 0.6) is 0 Å². The lowest BCUT2D eigenvalue weighted by Gasteiger charge is -2.19. The second-order valence-corrected chi connectivity index (χ2v) is 7.64. The molecular weight excluding hydrogens is 334 g/mol. The summed E-state index contributed by atoms with van der Waals surface area (Å²) in [4.78, 5) is 16.3. The van der Waals surface area contributed by atoms with E-state index in [4.69, 9.17) is 5.73 Å². The van der Waals surface area contributed by atoms with Crippen LogP contribution in [0.2, 0.25) is 0 Å². The Kier molecular flexibility index (Phi) is 4.70. The molecule has 2 aliphatic heterocycles. The molecule has 0 radical (unpaired) electrons. The van der Waals surface area contributed by atoms with E-state index in [0.29, 0.717) is 18.1 Å². The van der Waals surface area contributed by atoms with Gasteiger partial charge in [-0.1, -0.05) is 18.2 Å². The number of nitrogen functional groups attached to an aromatic ring is 1. The lowest BCUT2D eigenvalue weighted by atomic mass is 10.1. The van der Waals surface area contributed by atoms with Gasteiger partial charge in [-0.15, -0.1) is 11.8 Å². The molecule has 0 spiro atoms. The van der Waals surface area contributed by atoms with Gasteiger partial charge in [0.25, 0.3) is 0 Å². The number of aromatic nitrogens is 2. The predicted molar refractivity (Wildman–Crippen MR) is 100 cm³/mol. The number of aliphatic imine (C=N–C) groups is 1. The maximum Gasteiger partial charge on any atom is 0.153 e. The van der Waals surface area contributed by atoms with Gasteiger partial charge in [0.2, 0.25) is 0 Å². The summed E-state index contributed by atoms with van der Waals surface area (Å²) in [6.07, 6.45) is 3.10. The number of rotatable bonds is 5. The SMILES string of the molecule is Nc1ncnc2c1N=CC2CN1C[C@H](CSc2ccccc2)[C@@H](O)C1. The molecule has 0 amide bonds. The van der Waals surface area contributed by atoms with Crippen molar-refractivity contribution in [3.8, 4) is 0 Å². The quantitative estimate of drug-likeness (QED) is 0.797. The molecule has 3 atom stereocenters. The molecule has 1 unspecified atom stereocenters. The van der Waals surface area contributed by atoms with Crippen LogP contribution in [0.4, 0.5) is 11.5 Å². The molecular formula is C18H21N5OS. The second kappa shape index (κ2) is 7.11. The molecule has 3 heterocycles. The molecule has 3 N–H and O–H groups in total. The van der Waals surface area contributed by atoms with Gasteiger partial charge >= 0.3 is 0 Å². The van der Waals surface area contributed by atoms with E-state index in [1.54, 1.807) is 11.8 Å². The summed E-state index contributed by atoms with van der Waals surface area (Å²) >= 11 is 1.81. The van der Waals surface area contributed by atoms with Crippen LogP contribution in [-0.2, 0) is 0 Å². The number of likely N-dealkylation sites (tertiary alicyclic amines) is 1. The molecule has 1 saturated heterocycles. The number of benzene rings is 1. The Morgan fingerprint density at radius 2 is 2.04 bits per heavy atom. The maximum absolute atomic E-state index is 10.4. The van der Waals surface area contributed by atoms with Crippen molar-refractivity contribution in [1.82, 2.24) is 14.9 Å². The molecule has 1 fully saturated rings. The fourth-order valence-corrected chi connectivity index (χ4v) is 4.52. The molecule has 0 saturated carbocycles. The van der Waals surface area contributed by atoms with E-state index < -0.39 is 0 Å². The first kappa shape index (κ1) is 16.5. The van der Waals surface area contributed by atoms with E-state index in [1.807, 2.05) is 24.4 Å². The Labute approximate surface area is 151 Å². The maximum atomic E-state index is 10.4. The smallest absolute Gasteiger partial charge is 0.153 e. The zero-order valence-corrected chi connectivity index (χ0v) is 14.6. The number of anilines is 1. The first-order chi connectivity index (χ1) is 12.2. The minimum absolute atomic E-state index is 0.119. The third-order valence-corrected chi connectivity index (χ3v) is 5.96. The van der Waals surface area contributed by atoms with Crippen molar-refractivity contribution in [2.45, 2.75) is 16.9 Å². The monoisotopic (exact) mass is 355 g/mol. The highest BCUT2D eigenvalue weighted by Gasteiger charge is 2.34. The van der Waals surface area contributed by atoms with Crippen LogP contribution in [0.15, 0.2) is 46.5 Å². The summed E-state index contributed by atoms with van der Waals surface area (Å²) in [7, 11) is 0. The van der Waals surface area contributed by atoms with Crippen LogP contribution in [0.1, 0.15) is 11.6 Å². The molecule has 0 aliphatic carbocycles. The fourth-order valence-electron chi connectivity index (χ4n) is 3.43. The van der Waals surface area contributed by atoms with Gasteiger partial charge in [0, 0.05) is 42.4 Å². The number of nitrogens with two attached hydrogens (primary N) is 1. The molecule has 7 heteroatoms. The topological polar surface area (TPSA) is 87.6 Å². The summed E-state index contributed by atoms with van der Waals surface area (Å²) < 4.78 is 0. The van der Waals surface area contributed by atoms with Crippen LogP contribution >= 0.6 is 11.8 Å². The van der Waals surface area contributed by atoms with E-state index >= 15 is 0 Å². The van der Waals surface area contributed by atoms with Crippen LogP contribution in [0.25, 0.3) is 0 Å². The summed E-state index contributed by atoms with van der Waals surface area (Å²) in [5.41, 5.74) is 7.45. The van der Waals surface area contributed by atoms with Gasteiger partial charge in [0.15, 0.2) is 5.82 Å². The number of fused-ring (bicyclic) bond motifs is 1. The molecule has 0 bridgehead atoms. The van der Waals surface area contributed by atoms with E-state index in [1.165, 1.54) is 11.2 Å². The fraction of sp³-hybridized carbons (Fsp3) is 0.389. The number of nitrogens with zero attached hydrogens (tertiary/aromatic N) is 4. The van der Waals surface area contributed by atoms with Gasteiger partial charge in [0.1, 0.15) is 12.0 Å². The Balaban J connectivity index is 1.35. The minimum atomic E-state index is -0.288. The molecule has 130 valence electrons. The van der Waals surface area contributed by atoms with Gasteiger partial charge in [-0.25, -0.2) is 9.97 Å². The van der Waals surface area contributed by atoms with Crippen molar-refractivity contribution in [2.75, 3.05) is 31.1 Å². The minimum Gasteiger partial charge on any atom is -0.391 e. The predicted octanol–water partition coefficient (Wildman–Crippen LogP) is 1.94.